The fourth-order valence-electron chi connectivity index (χ4n) is 1.66. The van der Waals surface area contributed by atoms with Crippen molar-refractivity contribution in [3.63, 3.8) is 0 Å². The van der Waals surface area contributed by atoms with Crippen LogP contribution in [0.5, 0.6) is 0 Å². The van der Waals surface area contributed by atoms with Gasteiger partial charge in [0.25, 0.3) is 5.91 Å². The number of aromatic nitrogens is 1. The van der Waals surface area contributed by atoms with Crippen LogP contribution < -0.4 is 10.6 Å². The first kappa shape index (κ1) is 13.8. The second-order valence-electron chi connectivity index (χ2n) is 4.02. The summed E-state index contributed by atoms with van der Waals surface area (Å²) in [5.74, 6) is -2.17. The van der Waals surface area contributed by atoms with Gasteiger partial charge in [0.2, 0.25) is 5.76 Å². The van der Waals surface area contributed by atoms with Gasteiger partial charge in [-0.05, 0) is 18.7 Å². The first-order valence-electron chi connectivity index (χ1n) is 5.85. The second kappa shape index (κ2) is 5.98. The molecule has 0 radical (unpaired) electrons. The zero-order valence-electron chi connectivity index (χ0n) is 10.7. The lowest BCUT2D eigenvalue weighted by Gasteiger charge is -2.09. The summed E-state index contributed by atoms with van der Waals surface area (Å²) in [5, 5.41) is 17.8. The smallest absolute Gasteiger partial charge is 0.374 e. The molecule has 0 spiro atoms. The maximum atomic E-state index is 12.0. The van der Waals surface area contributed by atoms with E-state index in [2.05, 4.69) is 20.3 Å². The van der Waals surface area contributed by atoms with Crippen molar-refractivity contribution in [2.45, 2.75) is 6.54 Å². The van der Waals surface area contributed by atoms with Crippen LogP contribution in [0.4, 0.5) is 5.69 Å². The van der Waals surface area contributed by atoms with Gasteiger partial charge < -0.3 is 20.3 Å². The number of nitrogens with one attached hydrogen (secondary N) is 2. The van der Waals surface area contributed by atoms with Gasteiger partial charge in [-0.1, -0.05) is 23.4 Å². The number of benzene rings is 1. The third-order valence-corrected chi connectivity index (χ3v) is 2.59. The third-order valence-electron chi connectivity index (χ3n) is 2.59. The fraction of sp³-hybridized carbons (Fsp3) is 0.154. The molecule has 0 bridgehead atoms. The van der Waals surface area contributed by atoms with E-state index < -0.39 is 11.9 Å². The van der Waals surface area contributed by atoms with E-state index in [1.807, 2.05) is 12.1 Å². The lowest BCUT2D eigenvalue weighted by Crippen LogP contribution is -2.15. The number of rotatable bonds is 5. The number of para-hydroxylation sites is 1. The van der Waals surface area contributed by atoms with Crippen molar-refractivity contribution in [3.05, 3.63) is 47.3 Å². The normalized spacial score (nSPS) is 10.2. The molecule has 1 aromatic heterocycles. The molecule has 0 fully saturated rings. The van der Waals surface area contributed by atoms with Crippen LogP contribution in [0, 0.1) is 0 Å². The first-order valence-corrected chi connectivity index (χ1v) is 5.85. The highest BCUT2D eigenvalue weighted by molar-refractivity contribution is 6.04. The summed E-state index contributed by atoms with van der Waals surface area (Å²) >= 11 is 0. The second-order valence-corrected chi connectivity index (χ2v) is 4.02. The predicted octanol–water partition coefficient (Wildman–Crippen LogP) is 1.34. The van der Waals surface area contributed by atoms with Gasteiger partial charge in [-0.25, -0.2) is 4.79 Å². The zero-order chi connectivity index (χ0) is 14.5. The Kier molecular flexibility index (Phi) is 4.11. The summed E-state index contributed by atoms with van der Waals surface area (Å²) in [6.07, 6.45) is 0. The van der Waals surface area contributed by atoms with Crippen molar-refractivity contribution < 1.29 is 19.2 Å². The molecular weight excluding hydrogens is 262 g/mol. The largest absolute Gasteiger partial charge is 0.475 e. The van der Waals surface area contributed by atoms with Crippen LogP contribution in [0.25, 0.3) is 0 Å². The molecule has 2 aromatic rings. The van der Waals surface area contributed by atoms with E-state index in [1.165, 1.54) is 0 Å². The topological polar surface area (TPSA) is 104 Å². The Morgan fingerprint density at radius 3 is 2.75 bits per heavy atom. The molecule has 0 aliphatic heterocycles. The summed E-state index contributed by atoms with van der Waals surface area (Å²) in [5.41, 5.74) is 1.46. The molecule has 104 valence electrons. The van der Waals surface area contributed by atoms with E-state index in [-0.39, 0.29) is 11.5 Å². The Hall–Kier alpha value is -2.67. The van der Waals surface area contributed by atoms with Crippen LogP contribution in [0.3, 0.4) is 0 Å². The monoisotopic (exact) mass is 275 g/mol. The van der Waals surface area contributed by atoms with Crippen molar-refractivity contribution in [3.8, 4) is 0 Å². The molecule has 1 heterocycles. The molecule has 1 aromatic carbocycles. The molecule has 3 N–H and O–H groups in total. The molecule has 7 nitrogen and oxygen atoms in total. The van der Waals surface area contributed by atoms with Crippen LogP contribution in [-0.4, -0.2) is 29.2 Å². The molecule has 7 heteroatoms. The lowest BCUT2D eigenvalue weighted by atomic mass is 10.1. The van der Waals surface area contributed by atoms with E-state index in [0.29, 0.717) is 12.2 Å². The van der Waals surface area contributed by atoms with Gasteiger partial charge in [0.15, 0.2) is 5.69 Å². The highest BCUT2D eigenvalue weighted by atomic mass is 16.5. The molecule has 0 unspecified atom stereocenters. The minimum atomic E-state index is -1.27. The number of aromatic carboxylic acids is 1. The Bertz CT molecular complexity index is 636. The molecule has 0 saturated heterocycles. The number of carboxylic acids is 1. The SMILES string of the molecule is CNCc1ccccc1NC(=O)c1cc(C(=O)O)on1. The number of nitrogens with zero attached hydrogens (tertiary/aromatic N) is 1. The molecule has 0 atom stereocenters. The van der Waals surface area contributed by atoms with E-state index >= 15 is 0 Å². The molecule has 0 aliphatic carbocycles. The van der Waals surface area contributed by atoms with Crippen LogP contribution in [0.15, 0.2) is 34.9 Å². The van der Waals surface area contributed by atoms with Crippen LogP contribution in [0.1, 0.15) is 26.6 Å². The van der Waals surface area contributed by atoms with Crippen LogP contribution >= 0.6 is 0 Å². The Morgan fingerprint density at radius 2 is 2.10 bits per heavy atom. The minimum Gasteiger partial charge on any atom is -0.475 e. The highest BCUT2D eigenvalue weighted by Gasteiger charge is 2.17. The van der Waals surface area contributed by atoms with Crippen molar-refractivity contribution in [2.24, 2.45) is 0 Å². The Morgan fingerprint density at radius 1 is 1.35 bits per heavy atom. The van der Waals surface area contributed by atoms with Crippen molar-refractivity contribution in [1.29, 1.82) is 0 Å². The average molecular weight is 275 g/mol. The van der Waals surface area contributed by atoms with Gasteiger partial charge in [0, 0.05) is 18.3 Å². The van der Waals surface area contributed by atoms with Crippen molar-refractivity contribution in [1.82, 2.24) is 10.5 Å². The molecular formula is C13H13N3O4. The van der Waals surface area contributed by atoms with Crippen molar-refractivity contribution in [2.75, 3.05) is 12.4 Å². The number of carboxylic acid groups (broad SMARTS) is 1. The Labute approximate surface area is 114 Å². The molecule has 1 amide bonds. The van der Waals surface area contributed by atoms with Gasteiger partial charge >= 0.3 is 5.97 Å². The standard InChI is InChI=1S/C13H13N3O4/c1-14-7-8-4-2-3-5-9(8)15-12(17)10-6-11(13(18)19)20-16-10/h2-6,14H,7H2,1H3,(H,15,17)(H,18,19). The van der Waals surface area contributed by atoms with Gasteiger partial charge in [-0.3, -0.25) is 4.79 Å². The average Bonchev–Trinajstić information content (AvgIpc) is 2.91. The van der Waals surface area contributed by atoms with E-state index in [9.17, 15) is 9.59 Å². The van der Waals surface area contributed by atoms with E-state index in [4.69, 9.17) is 5.11 Å². The maximum Gasteiger partial charge on any atom is 0.374 e. The molecule has 0 saturated carbocycles. The predicted molar refractivity (Wildman–Crippen MR) is 70.6 cm³/mol. The number of hydrogen-bond acceptors (Lipinski definition) is 5. The maximum absolute atomic E-state index is 12.0. The lowest BCUT2D eigenvalue weighted by molar-refractivity contribution is 0.0651. The van der Waals surface area contributed by atoms with Gasteiger partial charge in [-0.15, -0.1) is 0 Å². The third kappa shape index (κ3) is 3.01. The molecule has 2 rings (SSSR count). The highest BCUT2D eigenvalue weighted by Crippen LogP contribution is 2.16. The number of hydrogen-bond donors (Lipinski definition) is 3. The van der Waals surface area contributed by atoms with E-state index in [0.717, 1.165) is 11.6 Å². The summed E-state index contributed by atoms with van der Waals surface area (Å²) in [6.45, 7) is 0.593. The summed E-state index contributed by atoms with van der Waals surface area (Å²) in [7, 11) is 1.80. The number of carbonyl (C=O) groups excluding carboxylic acids is 1. The van der Waals surface area contributed by atoms with Gasteiger partial charge in [0.05, 0.1) is 0 Å². The summed E-state index contributed by atoms with van der Waals surface area (Å²) in [6, 6.07) is 8.36. The van der Waals surface area contributed by atoms with Gasteiger partial charge in [-0.2, -0.15) is 0 Å². The number of carbonyl (C=O) groups is 2. The van der Waals surface area contributed by atoms with Crippen LogP contribution in [0.2, 0.25) is 0 Å². The summed E-state index contributed by atoms with van der Waals surface area (Å²) < 4.78 is 4.54. The Balaban J connectivity index is 2.16. The van der Waals surface area contributed by atoms with Crippen molar-refractivity contribution >= 4 is 17.6 Å². The fourth-order valence-corrected chi connectivity index (χ4v) is 1.66. The number of amides is 1. The number of anilines is 1. The molecule has 0 aliphatic rings. The quantitative estimate of drug-likeness (QED) is 0.760. The first-order chi connectivity index (χ1) is 9.61. The van der Waals surface area contributed by atoms with Crippen LogP contribution in [-0.2, 0) is 6.54 Å². The zero-order valence-corrected chi connectivity index (χ0v) is 10.7. The minimum absolute atomic E-state index is 0.0818. The summed E-state index contributed by atoms with van der Waals surface area (Å²) in [4.78, 5) is 22.6. The van der Waals surface area contributed by atoms with Gasteiger partial charge in [0.1, 0.15) is 0 Å². The molecule has 20 heavy (non-hydrogen) atoms. The van der Waals surface area contributed by atoms with E-state index in [1.54, 1.807) is 19.2 Å².